The third-order valence-electron chi connectivity index (χ3n) is 5.67. The van der Waals surface area contributed by atoms with E-state index < -0.39 is 21.7 Å². The highest BCUT2D eigenvalue weighted by molar-refractivity contribution is 7.89. The summed E-state index contributed by atoms with van der Waals surface area (Å²) in [6, 6.07) is 12.7. The fourth-order valence-electron chi connectivity index (χ4n) is 3.79. The van der Waals surface area contributed by atoms with E-state index in [0.29, 0.717) is 35.6 Å². The molecule has 9 nitrogen and oxygen atoms in total. The lowest BCUT2D eigenvalue weighted by atomic mass is 10.1. The van der Waals surface area contributed by atoms with Gasteiger partial charge in [-0.1, -0.05) is 12.1 Å². The van der Waals surface area contributed by atoms with E-state index in [2.05, 4.69) is 4.98 Å². The van der Waals surface area contributed by atoms with Gasteiger partial charge in [0, 0.05) is 30.3 Å². The molecule has 1 fully saturated rings. The van der Waals surface area contributed by atoms with Crippen molar-refractivity contribution in [3.8, 4) is 5.75 Å². The Bertz CT molecular complexity index is 1340. The van der Waals surface area contributed by atoms with Crippen molar-refractivity contribution < 1.29 is 27.4 Å². The second kappa shape index (κ2) is 10.1. The number of rotatable bonds is 8. The summed E-state index contributed by atoms with van der Waals surface area (Å²) < 4.78 is 44.7. The van der Waals surface area contributed by atoms with Gasteiger partial charge in [0.2, 0.25) is 10.0 Å². The van der Waals surface area contributed by atoms with Crippen LogP contribution in [0, 0.1) is 0 Å². The van der Waals surface area contributed by atoms with Crippen molar-refractivity contribution in [1.29, 1.82) is 0 Å². The van der Waals surface area contributed by atoms with Gasteiger partial charge in [-0.25, -0.2) is 8.42 Å². The normalized spacial score (nSPS) is 16.6. The predicted octanol–water partition coefficient (Wildman–Crippen LogP) is 2.35. The first kappa shape index (κ1) is 24.1. The van der Waals surface area contributed by atoms with Crippen molar-refractivity contribution in [3.05, 3.63) is 70.0 Å². The Morgan fingerprint density at radius 3 is 2.56 bits per heavy atom. The van der Waals surface area contributed by atoms with Crippen molar-refractivity contribution in [2.75, 3.05) is 33.5 Å². The maximum Gasteiger partial charge on any atom is 0.252 e. The van der Waals surface area contributed by atoms with Gasteiger partial charge in [0.15, 0.2) is 5.78 Å². The molecule has 1 aliphatic heterocycles. The molecule has 1 aromatic heterocycles. The molecule has 0 amide bonds. The van der Waals surface area contributed by atoms with Crippen molar-refractivity contribution in [1.82, 2.24) is 9.29 Å². The lowest BCUT2D eigenvalue weighted by Gasteiger charge is -2.29. The number of fused-ring (bicyclic) bond motifs is 1. The number of pyridine rings is 1. The molecule has 1 N–H and O–H groups in total. The van der Waals surface area contributed by atoms with E-state index >= 15 is 0 Å². The molecule has 2 heterocycles. The van der Waals surface area contributed by atoms with Gasteiger partial charge in [0.1, 0.15) is 5.75 Å². The molecule has 0 radical (unpaired) electrons. The minimum atomic E-state index is -4.01. The fourth-order valence-corrected chi connectivity index (χ4v) is 5.24. The van der Waals surface area contributed by atoms with Gasteiger partial charge in [0.25, 0.3) is 5.56 Å². The standard InChI is InChI=1S/C24H26N2O7S/c1-16(27)17-4-7-22(8-5-17)34(29,30)26(14-21-15-32-9-10-33-21)13-19-11-18-3-6-20(31-2)12-23(18)25-24(19)28/h3-8,11-12,21H,9-10,13-15H2,1-2H3,(H,25,28)/t21-/m1/s1. The van der Waals surface area contributed by atoms with Crippen LogP contribution in [0.3, 0.4) is 0 Å². The number of hydrogen-bond donors (Lipinski definition) is 1. The number of carbonyl (C=O) groups is 1. The number of carbonyl (C=O) groups excluding carboxylic acids is 1. The van der Waals surface area contributed by atoms with E-state index in [1.165, 1.54) is 42.6 Å². The highest BCUT2D eigenvalue weighted by Gasteiger charge is 2.30. The third-order valence-corrected chi connectivity index (χ3v) is 7.49. The van der Waals surface area contributed by atoms with Crippen LogP contribution in [-0.2, 0) is 26.0 Å². The molecule has 180 valence electrons. The van der Waals surface area contributed by atoms with Gasteiger partial charge in [-0.05, 0) is 42.6 Å². The number of aromatic amines is 1. The molecule has 4 rings (SSSR count). The quantitative estimate of drug-likeness (QED) is 0.486. The largest absolute Gasteiger partial charge is 0.497 e. The molecule has 10 heteroatoms. The van der Waals surface area contributed by atoms with Crippen molar-refractivity contribution in [2.24, 2.45) is 0 Å². The molecular formula is C24H26N2O7S. The first-order valence-corrected chi connectivity index (χ1v) is 12.2. The predicted molar refractivity (Wildman–Crippen MR) is 126 cm³/mol. The number of aromatic nitrogens is 1. The molecule has 2 aromatic carbocycles. The summed E-state index contributed by atoms with van der Waals surface area (Å²) in [5.41, 5.74) is 0.897. The molecule has 0 aliphatic carbocycles. The number of nitrogens with zero attached hydrogens (tertiary/aromatic N) is 1. The number of hydrogen-bond acceptors (Lipinski definition) is 7. The molecule has 0 unspecified atom stereocenters. The summed E-state index contributed by atoms with van der Waals surface area (Å²) in [5.74, 6) is 0.441. The van der Waals surface area contributed by atoms with E-state index in [1.807, 2.05) is 0 Å². The molecule has 0 saturated carbocycles. The Kier molecular flexibility index (Phi) is 7.13. The number of ether oxygens (including phenoxy) is 3. The molecular weight excluding hydrogens is 460 g/mol. The first-order chi connectivity index (χ1) is 16.3. The molecule has 0 spiro atoms. The fraction of sp³-hybridized carbons (Fsp3) is 0.333. The van der Waals surface area contributed by atoms with E-state index in [9.17, 15) is 18.0 Å². The van der Waals surface area contributed by atoms with E-state index in [1.54, 1.807) is 24.3 Å². The maximum absolute atomic E-state index is 13.6. The number of H-pyrrole nitrogens is 1. The average Bonchev–Trinajstić information content (AvgIpc) is 2.84. The number of Topliss-reactive ketones (excluding diaryl/α,β-unsaturated/α-hetero) is 1. The van der Waals surface area contributed by atoms with Crippen molar-refractivity contribution >= 4 is 26.7 Å². The number of nitrogens with one attached hydrogen (secondary N) is 1. The summed E-state index contributed by atoms with van der Waals surface area (Å²) in [7, 11) is -2.47. The lowest BCUT2D eigenvalue weighted by Crippen LogP contribution is -2.43. The van der Waals surface area contributed by atoms with Gasteiger partial charge < -0.3 is 19.2 Å². The van der Waals surface area contributed by atoms with E-state index in [-0.39, 0.29) is 30.4 Å². The number of benzene rings is 2. The van der Waals surface area contributed by atoms with Crippen molar-refractivity contribution in [3.63, 3.8) is 0 Å². The Morgan fingerprint density at radius 1 is 1.15 bits per heavy atom. The highest BCUT2D eigenvalue weighted by Crippen LogP contribution is 2.23. The van der Waals surface area contributed by atoms with Gasteiger partial charge >= 0.3 is 0 Å². The molecule has 34 heavy (non-hydrogen) atoms. The summed E-state index contributed by atoms with van der Waals surface area (Å²) in [6.45, 7) is 2.33. The molecule has 1 aliphatic rings. The Balaban J connectivity index is 1.70. The zero-order valence-corrected chi connectivity index (χ0v) is 19.8. The van der Waals surface area contributed by atoms with Crippen LogP contribution in [0.25, 0.3) is 10.9 Å². The van der Waals surface area contributed by atoms with Crippen LogP contribution in [-0.4, -0.2) is 63.1 Å². The number of methoxy groups -OCH3 is 1. The summed E-state index contributed by atoms with van der Waals surface area (Å²) >= 11 is 0. The average molecular weight is 487 g/mol. The van der Waals surface area contributed by atoms with Crippen LogP contribution >= 0.6 is 0 Å². The first-order valence-electron chi connectivity index (χ1n) is 10.8. The van der Waals surface area contributed by atoms with Crippen LogP contribution in [0.1, 0.15) is 22.8 Å². The monoisotopic (exact) mass is 486 g/mol. The Hall–Kier alpha value is -3.05. The van der Waals surface area contributed by atoms with Crippen LogP contribution in [0.4, 0.5) is 0 Å². The van der Waals surface area contributed by atoms with Gasteiger partial charge in [-0.2, -0.15) is 4.31 Å². The zero-order valence-electron chi connectivity index (χ0n) is 18.9. The summed E-state index contributed by atoms with van der Waals surface area (Å²) in [5, 5.41) is 0.746. The molecule has 3 aromatic rings. The molecule has 0 bridgehead atoms. The minimum Gasteiger partial charge on any atom is -0.497 e. The van der Waals surface area contributed by atoms with Gasteiger partial charge in [0.05, 0.1) is 43.4 Å². The van der Waals surface area contributed by atoms with E-state index in [4.69, 9.17) is 14.2 Å². The van der Waals surface area contributed by atoms with Crippen LogP contribution in [0.15, 0.2) is 58.2 Å². The summed E-state index contributed by atoms with van der Waals surface area (Å²) in [4.78, 5) is 27.3. The SMILES string of the molecule is COc1ccc2cc(CN(C[C@@H]3COCCO3)S(=O)(=O)c3ccc(C(C)=O)cc3)c(=O)[nH]c2c1. The highest BCUT2D eigenvalue weighted by atomic mass is 32.2. The van der Waals surface area contributed by atoms with Gasteiger partial charge in [-0.3, -0.25) is 9.59 Å². The van der Waals surface area contributed by atoms with Crippen LogP contribution in [0.5, 0.6) is 5.75 Å². The molecule has 1 saturated heterocycles. The Labute approximate surface area is 197 Å². The van der Waals surface area contributed by atoms with Gasteiger partial charge in [-0.15, -0.1) is 0 Å². The number of sulfonamides is 1. The van der Waals surface area contributed by atoms with Crippen LogP contribution in [0.2, 0.25) is 0 Å². The van der Waals surface area contributed by atoms with E-state index in [0.717, 1.165) is 5.39 Å². The van der Waals surface area contributed by atoms with Crippen LogP contribution < -0.4 is 10.3 Å². The number of ketones is 1. The maximum atomic E-state index is 13.6. The molecule has 1 atom stereocenters. The zero-order chi connectivity index (χ0) is 24.3. The minimum absolute atomic E-state index is 0.0108. The smallest absolute Gasteiger partial charge is 0.252 e. The topological polar surface area (TPSA) is 115 Å². The second-order valence-corrected chi connectivity index (χ2v) is 9.96. The Morgan fingerprint density at radius 2 is 1.91 bits per heavy atom. The second-order valence-electron chi connectivity index (χ2n) is 8.02. The summed E-state index contributed by atoms with van der Waals surface area (Å²) in [6.07, 6.45) is -0.469. The van der Waals surface area contributed by atoms with Crippen molar-refractivity contribution in [2.45, 2.75) is 24.5 Å². The third kappa shape index (κ3) is 5.20. The lowest BCUT2D eigenvalue weighted by molar-refractivity contribution is -0.0923.